The number of nitrogens with two attached hydrogens (primary N) is 1. The van der Waals surface area contributed by atoms with Crippen LogP contribution >= 0.6 is 12.2 Å². The summed E-state index contributed by atoms with van der Waals surface area (Å²) in [5.41, 5.74) is 6.88. The van der Waals surface area contributed by atoms with Crippen LogP contribution in [-0.4, -0.2) is 19.5 Å². The van der Waals surface area contributed by atoms with Gasteiger partial charge in [0.25, 0.3) is 0 Å². The third-order valence-corrected chi connectivity index (χ3v) is 3.11. The lowest BCUT2D eigenvalue weighted by Gasteiger charge is -2.08. The number of rotatable bonds is 3. The molecule has 0 aliphatic carbocycles. The highest BCUT2D eigenvalue weighted by Crippen LogP contribution is 2.22. The summed E-state index contributed by atoms with van der Waals surface area (Å²) in [4.78, 5) is 8.45. The summed E-state index contributed by atoms with van der Waals surface area (Å²) in [5, 5.41) is 0. The third-order valence-electron chi connectivity index (χ3n) is 2.96. The molecule has 2 N–H and O–H groups in total. The third kappa shape index (κ3) is 2.47. The van der Waals surface area contributed by atoms with Gasteiger partial charge in [-0.2, -0.15) is 0 Å². The van der Waals surface area contributed by atoms with Gasteiger partial charge in [0.15, 0.2) is 11.6 Å². The smallest absolute Gasteiger partial charge is 0.175 e. The number of hydrogen-bond donors (Lipinski definition) is 1. The standard InChI is InChI=1S/C14H10F2N4S/c15-8-5-9(16)14(18-7-8)20-11-4-2-1-3-10(11)19-13(20)6-12(17)21/h1-5,7H,6H2,(H2,17,21). The molecule has 2 aromatic heterocycles. The van der Waals surface area contributed by atoms with Crippen molar-refractivity contribution in [2.75, 3.05) is 0 Å². The maximum absolute atomic E-state index is 14.0. The van der Waals surface area contributed by atoms with Crippen LogP contribution in [0.1, 0.15) is 5.82 Å². The second-order valence-corrected chi connectivity index (χ2v) is 4.98. The molecule has 0 unspecified atom stereocenters. The quantitative estimate of drug-likeness (QED) is 0.756. The largest absolute Gasteiger partial charge is 0.393 e. The summed E-state index contributed by atoms with van der Waals surface area (Å²) < 4.78 is 28.6. The summed E-state index contributed by atoms with van der Waals surface area (Å²) in [7, 11) is 0. The van der Waals surface area contributed by atoms with E-state index >= 15 is 0 Å². The minimum absolute atomic E-state index is 0.0312. The van der Waals surface area contributed by atoms with Gasteiger partial charge < -0.3 is 5.73 Å². The number of aromatic nitrogens is 3. The normalized spacial score (nSPS) is 11.0. The van der Waals surface area contributed by atoms with Crippen molar-refractivity contribution in [3.63, 3.8) is 0 Å². The molecule has 106 valence electrons. The Hall–Kier alpha value is -2.41. The summed E-state index contributed by atoms with van der Waals surface area (Å²) in [5.74, 6) is -1.09. The molecule has 1 aromatic carbocycles. The van der Waals surface area contributed by atoms with Gasteiger partial charge in [0.05, 0.1) is 28.6 Å². The van der Waals surface area contributed by atoms with Gasteiger partial charge in [-0.05, 0) is 12.1 Å². The van der Waals surface area contributed by atoms with E-state index in [-0.39, 0.29) is 17.2 Å². The van der Waals surface area contributed by atoms with Gasteiger partial charge in [0.2, 0.25) is 0 Å². The Balaban J connectivity index is 2.30. The minimum atomic E-state index is -0.776. The van der Waals surface area contributed by atoms with Crippen LogP contribution in [0.25, 0.3) is 16.9 Å². The maximum atomic E-state index is 14.0. The summed E-state index contributed by atoms with van der Waals surface area (Å²) >= 11 is 4.90. The Morgan fingerprint density at radius 2 is 2.05 bits per heavy atom. The zero-order chi connectivity index (χ0) is 15.0. The van der Waals surface area contributed by atoms with Crippen molar-refractivity contribution in [3.8, 4) is 5.82 Å². The van der Waals surface area contributed by atoms with Crippen molar-refractivity contribution in [2.24, 2.45) is 5.73 Å². The van der Waals surface area contributed by atoms with Crippen molar-refractivity contribution in [3.05, 3.63) is 54.0 Å². The fourth-order valence-electron chi connectivity index (χ4n) is 2.16. The molecule has 4 nitrogen and oxygen atoms in total. The van der Waals surface area contributed by atoms with Crippen molar-refractivity contribution >= 4 is 28.2 Å². The van der Waals surface area contributed by atoms with Crippen molar-refractivity contribution in [1.82, 2.24) is 14.5 Å². The van der Waals surface area contributed by atoms with Crippen LogP contribution in [0, 0.1) is 11.6 Å². The lowest BCUT2D eigenvalue weighted by Crippen LogP contribution is -2.16. The minimum Gasteiger partial charge on any atom is -0.393 e. The molecule has 2 heterocycles. The number of halogens is 2. The van der Waals surface area contributed by atoms with Crippen LogP contribution in [0.15, 0.2) is 36.5 Å². The molecule has 0 bridgehead atoms. The van der Waals surface area contributed by atoms with Crippen LogP contribution in [-0.2, 0) is 6.42 Å². The molecule has 0 amide bonds. The predicted molar refractivity (Wildman–Crippen MR) is 79.3 cm³/mol. The highest BCUT2D eigenvalue weighted by Gasteiger charge is 2.17. The average molecular weight is 304 g/mol. The molecule has 0 aliphatic heterocycles. The molecule has 0 aliphatic rings. The maximum Gasteiger partial charge on any atom is 0.175 e. The molecular formula is C14H10F2N4S. The first-order valence-corrected chi connectivity index (χ1v) is 6.53. The van der Waals surface area contributed by atoms with Gasteiger partial charge in [0.1, 0.15) is 11.6 Å². The molecule has 0 fully saturated rings. The molecule has 0 radical (unpaired) electrons. The van der Waals surface area contributed by atoms with Gasteiger partial charge >= 0.3 is 0 Å². The monoisotopic (exact) mass is 304 g/mol. The first-order valence-electron chi connectivity index (χ1n) is 6.12. The lowest BCUT2D eigenvalue weighted by molar-refractivity contribution is 0.565. The van der Waals surface area contributed by atoms with E-state index in [0.29, 0.717) is 16.9 Å². The SMILES string of the molecule is NC(=S)Cc1nc2ccccc2n1-c1ncc(F)cc1F. The highest BCUT2D eigenvalue weighted by atomic mass is 32.1. The van der Waals surface area contributed by atoms with Gasteiger partial charge in [-0.1, -0.05) is 24.4 Å². The second kappa shape index (κ2) is 5.17. The zero-order valence-corrected chi connectivity index (χ0v) is 11.6. The Morgan fingerprint density at radius 3 is 2.76 bits per heavy atom. The number of benzene rings is 1. The van der Waals surface area contributed by atoms with Crippen LogP contribution in [0.3, 0.4) is 0 Å². The number of fused-ring (bicyclic) bond motifs is 1. The predicted octanol–water partition coefficient (Wildman–Crippen LogP) is 2.53. The fourth-order valence-corrected chi connectivity index (χ4v) is 2.29. The van der Waals surface area contributed by atoms with E-state index < -0.39 is 11.6 Å². The van der Waals surface area contributed by atoms with Gasteiger partial charge in [0, 0.05) is 6.07 Å². The van der Waals surface area contributed by atoms with E-state index in [4.69, 9.17) is 18.0 Å². The topological polar surface area (TPSA) is 56.7 Å². The highest BCUT2D eigenvalue weighted by molar-refractivity contribution is 7.80. The van der Waals surface area contributed by atoms with E-state index in [1.807, 2.05) is 6.07 Å². The van der Waals surface area contributed by atoms with Crippen molar-refractivity contribution in [1.29, 1.82) is 0 Å². The first-order chi connectivity index (χ1) is 10.1. The van der Waals surface area contributed by atoms with Crippen LogP contribution in [0.4, 0.5) is 8.78 Å². The van der Waals surface area contributed by atoms with Crippen LogP contribution in [0.5, 0.6) is 0 Å². The molecule has 0 atom stereocenters. The van der Waals surface area contributed by atoms with E-state index in [2.05, 4.69) is 9.97 Å². The Morgan fingerprint density at radius 1 is 1.29 bits per heavy atom. The van der Waals surface area contributed by atoms with Gasteiger partial charge in [-0.3, -0.25) is 4.57 Å². The molecule has 3 rings (SSSR count). The molecule has 0 spiro atoms. The Labute approximate surface area is 124 Å². The average Bonchev–Trinajstić information content (AvgIpc) is 2.76. The summed E-state index contributed by atoms with van der Waals surface area (Å²) in [6.07, 6.45) is 1.15. The van der Waals surface area contributed by atoms with E-state index in [1.54, 1.807) is 18.2 Å². The van der Waals surface area contributed by atoms with Gasteiger partial charge in [-0.25, -0.2) is 18.7 Å². The van der Waals surface area contributed by atoms with Crippen molar-refractivity contribution in [2.45, 2.75) is 6.42 Å². The number of hydrogen-bond acceptors (Lipinski definition) is 3. The summed E-state index contributed by atoms with van der Waals surface area (Å²) in [6, 6.07) is 7.96. The Kier molecular flexibility index (Phi) is 3.34. The lowest BCUT2D eigenvalue weighted by atomic mass is 10.3. The molecule has 0 saturated carbocycles. The van der Waals surface area contributed by atoms with Crippen LogP contribution < -0.4 is 5.73 Å². The summed E-state index contributed by atoms with van der Waals surface area (Å²) in [6.45, 7) is 0. The van der Waals surface area contributed by atoms with Crippen molar-refractivity contribution < 1.29 is 8.78 Å². The fraction of sp³-hybridized carbons (Fsp3) is 0.0714. The second-order valence-electron chi connectivity index (χ2n) is 4.45. The number of imidazole rings is 1. The zero-order valence-electron chi connectivity index (χ0n) is 10.8. The molecule has 0 saturated heterocycles. The molecule has 21 heavy (non-hydrogen) atoms. The Bertz CT molecular complexity index is 844. The molecule has 7 heteroatoms. The first kappa shape index (κ1) is 13.6. The number of para-hydroxylation sites is 2. The van der Waals surface area contributed by atoms with E-state index in [9.17, 15) is 8.78 Å². The van der Waals surface area contributed by atoms with Gasteiger partial charge in [-0.15, -0.1) is 0 Å². The molecular weight excluding hydrogens is 294 g/mol. The van der Waals surface area contributed by atoms with Crippen LogP contribution in [0.2, 0.25) is 0 Å². The van der Waals surface area contributed by atoms with E-state index in [0.717, 1.165) is 12.3 Å². The number of nitrogens with zero attached hydrogens (tertiary/aromatic N) is 3. The number of thiocarbonyl (C=S) groups is 1. The number of pyridine rings is 1. The molecule has 3 aromatic rings. The van der Waals surface area contributed by atoms with E-state index in [1.165, 1.54) is 4.57 Å².